The maximum atomic E-state index is 12.9. The van der Waals surface area contributed by atoms with Gasteiger partial charge in [-0.3, -0.25) is 4.79 Å². The van der Waals surface area contributed by atoms with E-state index in [1.807, 2.05) is 11.0 Å². The van der Waals surface area contributed by atoms with Crippen LogP contribution >= 0.6 is 0 Å². The summed E-state index contributed by atoms with van der Waals surface area (Å²) < 4.78 is 0. The number of rotatable bonds is 1. The smallest absolute Gasteiger partial charge is 0.234 e. The van der Waals surface area contributed by atoms with E-state index in [1.165, 1.54) is 5.56 Å². The first-order chi connectivity index (χ1) is 9.10. The zero-order chi connectivity index (χ0) is 13.5. The molecule has 0 aliphatic carbocycles. The van der Waals surface area contributed by atoms with Gasteiger partial charge in [0.05, 0.1) is 5.41 Å². The molecule has 1 aromatic carbocycles. The van der Waals surface area contributed by atoms with Crippen molar-refractivity contribution in [1.82, 2.24) is 5.32 Å². The number of hydrogen-bond donors (Lipinski definition) is 1. The van der Waals surface area contributed by atoms with Gasteiger partial charge in [0.1, 0.15) is 0 Å². The molecule has 102 valence electrons. The van der Waals surface area contributed by atoms with Gasteiger partial charge in [0.15, 0.2) is 0 Å². The normalized spacial score (nSPS) is 30.2. The Bertz CT molecular complexity index is 491. The monoisotopic (exact) mass is 258 g/mol. The van der Waals surface area contributed by atoms with Crippen LogP contribution in [0.4, 0.5) is 5.69 Å². The van der Waals surface area contributed by atoms with E-state index in [-0.39, 0.29) is 11.3 Å². The average molecular weight is 258 g/mol. The van der Waals surface area contributed by atoms with Crippen LogP contribution in [0.5, 0.6) is 0 Å². The van der Waals surface area contributed by atoms with E-state index in [9.17, 15) is 4.79 Å². The van der Waals surface area contributed by atoms with Crippen molar-refractivity contribution >= 4 is 11.6 Å². The molecule has 2 unspecified atom stereocenters. The lowest BCUT2D eigenvalue weighted by Crippen LogP contribution is -2.47. The molecule has 1 amide bonds. The van der Waals surface area contributed by atoms with Gasteiger partial charge in [-0.1, -0.05) is 25.1 Å². The number of para-hydroxylation sites is 1. The SMILES string of the molecule is CC1Cc2ccccc2N(C(=O)C2(C)CCNC2)C1. The summed E-state index contributed by atoms with van der Waals surface area (Å²) >= 11 is 0. The highest BCUT2D eigenvalue weighted by atomic mass is 16.2. The van der Waals surface area contributed by atoms with Gasteiger partial charge in [-0.25, -0.2) is 0 Å². The van der Waals surface area contributed by atoms with E-state index in [1.54, 1.807) is 0 Å². The number of carbonyl (C=O) groups is 1. The molecule has 0 spiro atoms. The van der Waals surface area contributed by atoms with Crippen LogP contribution in [0.3, 0.4) is 0 Å². The van der Waals surface area contributed by atoms with Gasteiger partial charge >= 0.3 is 0 Å². The van der Waals surface area contributed by atoms with Gasteiger partial charge < -0.3 is 10.2 Å². The average Bonchev–Trinajstić information content (AvgIpc) is 2.85. The van der Waals surface area contributed by atoms with Crippen molar-refractivity contribution in [3.63, 3.8) is 0 Å². The Balaban J connectivity index is 1.94. The maximum absolute atomic E-state index is 12.9. The molecule has 2 aliphatic heterocycles. The molecule has 1 fully saturated rings. The zero-order valence-electron chi connectivity index (χ0n) is 11.8. The Hall–Kier alpha value is -1.35. The minimum atomic E-state index is -0.232. The summed E-state index contributed by atoms with van der Waals surface area (Å²) in [6, 6.07) is 8.34. The van der Waals surface area contributed by atoms with E-state index in [0.29, 0.717) is 5.92 Å². The van der Waals surface area contributed by atoms with Crippen LogP contribution in [-0.4, -0.2) is 25.5 Å². The third-order valence-electron chi connectivity index (χ3n) is 4.48. The highest BCUT2D eigenvalue weighted by Gasteiger charge is 2.41. The van der Waals surface area contributed by atoms with Gasteiger partial charge in [-0.05, 0) is 43.9 Å². The molecule has 1 saturated heterocycles. The molecule has 2 heterocycles. The first kappa shape index (κ1) is 12.7. The minimum Gasteiger partial charge on any atom is -0.316 e. The first-order valence-electron chi connectivity index (χ1n) is 7.21. The third-order valence-corrected chi connectivity index (χ3v) is 4.48. The molecule has 0 saturated carbocycles. The topological polar surface area (TPSA) is 32.3 Å². The molecule has 1 N–H and O–H groups in total. The van der Waals surface area contributed by atoms with Gasteiger partial charge in [-0.2, -0.15) is 0 Å². The lowest BCUT2D eigenvalue weighted by molar-refractivity contribution is -0.126. The van der Waals surface area contributed by atoms with Crippen LogP contribution in [-0.2, 0) is 11.2 Å². The summed E-state index contributed by atoms with van der Waals surface area (Å²) in [5.74, 6) is 0.827. The molecule has 3 heteroatoms. The number of benzene rings is 1. The Kier molecular flexibility index (Phi) is 3.09. The Morgan fingerprint density at radius 2 is 2.21 bits per heavy atom. The Morgan fingerprint density at radius 1 is 1.42 bits per heavy atom. The van der Waals surface area contributed by atoms with E-state index in [2.05, 4.69) is 37.4 Å². The highest BCUT2D eigenvalue weighted by molar-refractivity contribution is 5.98. The second-order valence-electron chi connectivity index (χ2n) is 6.34. The number of fused-ring (bicyclic) bond motifs is 1. The number of hydrogen-bond acceptors (Lipinski definition) is 2. The van der Waals surface area contributed by atoms with Gasteiger partial charge in [0.2, 0.25) is 5.91 Å². The number of nitrogens with one attached hydrogen (secondary N) is 1. The molecule has 0 radical (unpaired) electrons. The maximum Gasteiger partial charge on any atom is 0.234 e. The van der Waals surface area contributed by atoms with E-state index in [0.717, 1.165) is 38.2 Å². The number of anilines is 1. The molecular weight excluding hydrogens is 236 g/mol. The summed E-state index contributed by atoms with van der Waals surface area (Å²) in [7, 11) is 0. The van der Waals surface area contributed by atoms with Crippen molar-refractivity contribution in [3.05, 3.63) is 29.8 Å². The van der Waals surface area contributed by atoms with Gasteiger partial charge in [0, 0.05) is 18.8 Å². The zero-order valence-corrected chi connectivity index (χ0v) is 11.8. The Morgan fingerprint density at radius 3 is 2.95 bits per heavy atom. The van der Waals surface area contributed by atoms with Crippen LogP contribution in [0.1, 0.15) is 25.8 Å². The number of amides is 1. The van der Waals surface area contributed by atoms with Crippen LogP contribution in [0, 0.1) is 11.3 Å². The molecule has 3 nitrogen and oxygen atoms in total. The van der Waals surface area contributed by atoms with E-state index >= 15 is 0 Å². The number of nitrogens with zero attached hydrogens (tertiary/aromatic N) is 1. The molecule has 1 aromatic rings. The highest BCUT2D eigenvalue weighted by Crippen LogP contribution is 2.35. The second-order valence-corrected chi connectivity index (χ2v) is 6.34. The molecular formula is C16H22N2O. The molecule has 2 aliphatic rings. The van der Waals surface area contributed by atoms with Gasteiger partial charge in [0.25, 0.3) is 0 Å². The van der Waals surface area contributed by atoms with Crippen molar-refractivity contribution in [3.8, 4) is 0 Å². The van der Waals surface area contributed by atoms with E-state index in [4.69, 9.17) is 0 Å². The fraction of sp³-hybridized carbons (Fsp3) is 0.562. The Labute approximate surface area is 115 Å². The van der Waals surface area contributed by atoms with Crippen molar-refractivity contribution in [1.29, 1.82) is 0 Å². The lowest BCUT2D eigenvalue weighted by atomic mass is 9.85. The van der Waals surface area contributed by atoms with Crippen LogP contribution in [0.15, 0.2) is 24.3 Å². The van der Waals surface area contributed by atoms with Crippen molar-refractivity contribution in [2.75, 3.05) is 24.5 Å². The third kappa shape index (κ3) is 2.16. The fourth-order valence-corrected chi connectivity index (χ4v) is 3.31. The predicted molar refractivity (Wildman–Crippen MR) is 77.3 cm³/mol. The molecule has 2 atom stereocenters. The fourth-order valence-electron chi connectivity index (χ4n) is 3.31. The first-order valence-corrected chi connectivity index (χ1v) is 7.21. The summed E-state index contributed by atoms with van der Waals surface area (Å²) in [5.41, 5.74) is 2.20. The van der Waals surface area contributed by atoms with Crippen molar-refractivity contribution < 1.29 is 4.79 Å². The van der Waals surface area contributed by atoms with E-state index < -0.39 is 0 Å². The van der Waals surface area contributed by atoms with Crippen LogP contribution in [0.25, 0.3) is 0 Å². The number of carbonyl (C=O) groups excluding carboxylic acids is 1. The molecule has 0 aromatic heterocycles. The largest absolute Gasteiger partial charge is 0.316 e. The molecule has 19 heavy (non-hydrogen) atoms. The van der Waals surface area contributed by atoms with Crippen LogP contribution < -0.4 is 10.2 Å². The summed E-state index contributed by atoms with van der Waals surface area (Å²) in [6.07, 6.45) is 2.02. The standard InChI is InChI=1S/C16H22N2O/c1-12-9-13-5-3-4-6-14(13)18(10-12)15(19)16(2)7-8-17-11-16/h3-6,12,17H,7-11H2,1-2H3. The summed E-state index contributed by atoms with van der Waals surface area (Å²) in [5, 5.41) is 3.32. The van der Waals surface area contributed by atoms with Gasteiger partial charge in [-0.15, -0.1) is 0 Å². The lowest BCUT2D eigenvalue weighted by Gasteiger charge is -2.37. The van der Waals surface area contributed by atoms with Crippen molar-refractivity contribution in [2.45, 2.75) is 26.7 Å². The molecule has 0 bridgehead atoms. The van der Waals surface area contributed by atoms with Crippen molar-refractivity contribution in [2.24, 2.45) is 11.3 Å². The summed E-state index contributed by atoms with van der Waals surface area (Å²) in [6.45, 7) is 6.93. The second kappa shape index (κ2) is 4.64. The summed E-state index contributed by atoms with van der Waals surface area (Å²) in [4.78, 5) is 14.9. The van der Waals surface area contributed by atoms with Crippen LogP contribution in [0.2, 0.25) is 0 Å². The molecule has 3 rings (SSSR count). The predicted octanol–water partition coefficient (Wildman–Crippen LogP) is 2.21. The minimum absolute atomic E-state index is 0.232. The quantitative estimate of drug-likeness (QED) is 0.837.